The average molecular weight is 337 g/mol. The molecule has 2 heterocycles. The summed E-state index contributed by atoms with van der Waals surface area (Å²) in [6.45, 7) is 8.51. The largest absolute Gasteiger partial charge is 0.393 e. The van der Waals surface area contributed by atoms with E-state index in [1.165, 1.54) is 11.1 Å². The Labute approximate surface area is 148 Å². The molecule has 2 aromatic heterocycles. The van der Waals surface area contributed by atoms with Gasteiger partial charge in [0.05, 0.1) is 16.4 Å². The van der Waals surface area contributed by atoms with E-state index in [2.05, 4.69) is 61.7 Å². The summed E-state index contributed by atoms with van der Waals surface area (Å²) in [6.07, 6.45) is 2.10. The van der Waals surface area contributed by atoms with Gasteiger partial charge >= 0.3 is 0 Å². The molecule has 0 saturated heterocycles. The molecule has 1 unspecified atom stereocenters. The van der Waals surface area contributed by atoms with E-state index >= 15 is 0 Å². The topological polar surface area (TPSA) is 43.3 Å². The summed E-state index contributed by atoms with van der Waals surface area (Å²) < 4.78 is 2.12. The van der Waals surface area contributed by atoms with E-state index in [-0.39, 0.29) is 5.92 Å². The molecule has 3 nitrogen and oxygen atoms in total. The Morgan fingerprint density at radius 2 is 1.75 bits per heavy atom. The predicted octanol–water partition coefficient (Wildman–Crippen LogP) is 4.82. The quantitative estimate of drug-likeness (QED) is 0.694. The van der Waals surface area contributed by atoms with Crippen LogP contribution in [0.5, 0.6) is 0 Å². The number of rotatable bonds is 4. The number of nitrogens with zero attached hydrogens (tertiary/aromatic N) is 2. The Morgan fingerprint density at radius 1 is 1.08 bits per heavy atom. The first-order valence-electron chi connectivity index (χ1n) is 8.26. The number of benzene rings is 1. The Morgan fingerprint density at radius 3 is 2.33 bits per heavy atom. The predicted molar refractivity (Wildman–Crippen MR) is 105 cm³/mol. The first-order valence-corrected chi connectivity index (χ1v) is 8.67. The molecule has 0 amide bonds. The van der Waals surface area contributed by atoms with Gasteiger partial charge in [0.1, 0.15) is 5.65 Å². The van der Waals surface area contributed by atoms with Crippen LogP contribution >= 0.6 is 12.2 Å². The van der Waals surface area contributed by atoms with Gasteiger partial charge in [-0.05, 0) is 30.0 Å². The highest BCUT2D eigenvalue weighted by atomic mass is 32.1. The van der Waals surface area contributed by atoms with Crippen molar-refractivity contribution in [2.75, 3.05) is 0 Å². The lowest BCUT2D eigenvalue weighted by atomic mass is 9.98. The van der Waals surface area contributed by atoms with Gasteiger partial charge in [-0.2, -0.15) is 0 Å². The highest BCUT2D eigenvalue weighted by Crippen LogP contribution is 2.31. The molecule has 0 aliphatic heterocycles. The third-order valence-electron chi connectivity index (χ3n) is 4.49. The molecule has 4 heteroatoms. The standard InChI is InChI=1S/C20H23N3S/c1-12(2)15-6-8-16(9-7-15)18-19(14(4)20(21)24)23-11-13(3)5-10-17(23)22-18/h5-12,14H,1-4H3,(H2,21,24). The third-order valence-corrected chi connectivity index (χ3v) is 4.84. The van der Waals surface area contributed by atoms with Crippen molar-refractivity contribution < 1.29 is 0 Å². The second-order valence-corrected chi connectivity index (χ2v) is 7.15. The molecule has 0 saturated carbocycles. The van der Waals surface area contributed by atoms with Gasteiger partial charge in [-0.15, -0.1) is 0 Å². The number of aryl methyl sites for hydroxylation is 1. The van der Waals surface area contributed by atoms with Gasteiger partial charge < -0.3 is 10.1 Å². The number of hydrogen-bond donors (Lipinski definition) is 1. The number of aromatic nitrogens is 2. The number of fused-ring (bicyclic) bond motifs is 1. The fourth-order valence-electron chi connectivity index (χ4n) is 2.96. The van der Waals surface area contributed by atoms with E-state index in [0.29, 0.717) is 10.9 Å². The highest BCUT2D eigenvalue weighted by Gasteiger charge is 2.21. The lowest BCUT2D eigenvalue weighted by Crippen LogP contribution is -2.18. The van der Waals surface area contributed by atoms with Gasteiger partial charge in [0.25, 0.3) is 0 Å². The molecule has 0 bridgehead atoms. The van der Waals surface area contributed by atoms with Crippen LogP contribution in [-0.4, -0.2) is 14.4 Å². The zero-order valence-corrected chi connectivity index (χ0v) is 15.4. The summed E-state index contributed by atoms with van der Waals surface area (Å²) in [5.41, 5.74) is 12.5. The molecule has 2 N–H and O–H groups in total. The van der Waals surface area contributed by atoms with Crippen LogP contribution in [0.15, 0.2) is 42.6 Å². The molecule has 1 atom stereocenters. The van der Waals surface area contributed by atoms with E-state index < -0.39 is 0 Å². The smallest absolute Gasteiger partial charge is 0.137 e. The van der Waals surface area contributed by atoms with Crippen molar-refractivity contribution in [1.82, 2.24) is 9.38 Å². The molecule has 0 aliphatic rings. The summed E-state index contributed by atoms with van der Waals surface area (Å²) in [5.74, 6) is 0.467. The van der Waals surface area contributed by atoms with E-state index in [0.717, 1.165) is 22.6 Å². The van der Waals surface area contributed by atoms with Gasteiger partial charge in [0.15, 0.2) is 0 Å². The maximum Gasteiger partial charge on any atom is 0.137 e. The van der Waals surface area contributed by atoms with Crippen LogP contribution in [0.25, 0.3) is 16.9 Å². The number of hydrogen-bond acceptors (Lipinski definition) is 2. The van der Waals surface area contributed by atoms with Crippen molar-refractivity contribution in [1.29, 1.82) is 0 Å². The summed E-state index contributed by atoms with van der Waals surface area (Å²) in [7, 11) is 0. The fourth-order valence-corrected chi connectivity index (χ4v) is 3.07. The van der Waals surface area contributed by atoms with Crippen molar-refractivity contribution in [3.05, 3.63) is 59.4 Å². The van der Waals surface area contributed by atoms with Crippen LogP contribution in [0, 0.1) is 6.92 Å². The molecular weight excluding hydrogens is 314 g/mol. The number of thiocarbonyl (C=S) groups is 1. The van der Waals surface area contributed by atoms with Crippen molar-refractivity contribution in [2.24, 2.45) is 5.73 Å². The maximum atomic E-state index is 5.96. The second-order valence-electron chi connectivity index (χ2n) is 6.68. The van der Waals surface area contributed by atoms with Gasteiger partial charge in [-0.25, -0.2) is 4.98 Å². The van der Waals surface area contributed by atoms with Crippen LogP contribution in [-0.2, 0) is 0 Å². The first-order chi connectivity index (χ1) is 11.4. The Hall–Kier alpha value is -2.20. The highest BCUT2D eigenvalue weighted by molar-refractivity contribution is 7.80. The molecule has 24 heavy (non-hydrogen) atoms. The number of nitrogens with two attached hydrogens (primary N) is 1. The van der Waals surface area contributed by atoms with Gasteiger partial charge in [-0.1, -0.05) is 63.3 Å². The molecule has 1 aromatic carbocycles. The minimum absolute atomic E-state index is 0.0448. The number of pyridine rings is 1. The SMILES string of the molecule is Cc1ccc2nc(-c3ccc(C(C)C)cc3)c(C(C)C(N)=S)n2c1. The molecular formula is C20H23N3S. The monoisotopic (exact) mass is 337 g/mol. The first kappa shape index (κ1) is 16.7. The summed E-state index contributed by atoms with van der Waals surface area (Å²) in [4.78, 5) is 5.33. The molecule has 0 aliphatic carbocycles. The zero-order valence-electron chi connectivity index (χ0n) is 14.6. The molecule has 0 radical (unpaired) electrons. The van der Waals surface area contributed by atoms with Gasteiger partial charge in [-0.3, -0.25) is 0 Å². The fraction of sp³-hybridized carbons (Fsp3) is 0.300. The van der Waals surface area contributed by atoms with E-state index in [1.807, 2.05) is 13.0 Å². The van der Waals surface area contributed by atoms with Crippen LogP contribution in [0.2, 0.25) is 0 Å². The minimum Gasteiger partial charge on any atom is -0.393 e. The summed E-state index contributed by atoms with van der Waals surface area (Å²) in [5, 5.41) is 0. The Bertz CT molecular complexity index is 891. The summed E-state index contributed by atoms with van der Waals surface area (Å²) >= 11 is 5.26. The lowest BCUT2D eigenvalue weighted by molar-refractivity contribution is 0.867. The van der Waals surface area contributed by atoms with Gasteiger partial charge in [0.2, 0.25) is 0 Å². The molecule has 0 fully saturated rings. The maximum absolute atomic E-state index is 5.96. The van der Waals surface area contributed by atoms with Crippen LogP contribution in [0.1, 0.15) is 49.4 Å². The van der Waals surface area contributed by atoms with Crippen molar-refractivity contribution in [3.63, 3.8) is 0 Å². The van der Waals surface area contributed by atoms with Crippen LogP contribution in [0.3, 0.4) is 0 Å². The van der Waals surface area contributed by atoms with Crippen LogP contribution in [0.4, 0.5) is 0 Å². The third kappa shape index (κ3) is 2.94. The van der Waals surface area contributed by atoms with E-state index in [4.69, 9.17) is 22.9 Å². The van der Waals surface area contributed by atoms with E-state index in [1.54, 1.807) is 0 Å². The molecule has 3 aromatic rings. The van der Waals surface area contributed by atoms with E-state index in [9.17, 15) is 0 Å². The molecule has 3 rings (SSSR count). The van der Waals surface area contributed by atoms with Crippen molar-refractivity contribution >= 4 is 22.9 Å². The van der Waals surface area contributed by atoms with Gasteiger partial charge in [0, 0.05) is 17.7 Å². The lowest BCUT2D eigenvalue weighted by Gasteiger charge is -2.13. The molecule has 0 spiro atoms. The second kappa shape index (κ2) is 6.36. The Balaban J connectivity index is 2.22. The average Bonchev–Trinajstić information content (AvgIpc) is 2.92. The molecule has 124 valence electrons. The summed E-state index contributed by atoms with van der Waals surface area (Å²) in [6, 6.07) is 12.7. The Kier molecular flexibility index (Phi) is 4.41. The number of imidazole rings is 1. The normalized spacial score (nSPS) is 12.7. The van der Waals surface area contributed by atoms with Crippen molar-refractivity contribution in [2.45, 2.75) is 39.5 Å². The minimum atomic E-state index is -0.0448. The van der Waals surface area contributed by atoms with Crippen molar-refractivity contribution in [3.8, 4) is 11.3 Å². The van der Waals surface area contributed by atoms with Crippen LogP contribution < -0.4 is 5.73 Å². The zero-order chi connectivity index (χ0) is 17.4.